The van der Waals surface area contributed by atoms with Gasteiger partial charge in [0.2, 0.25) is 0 Å². The smallest absolute Gasteiger partial charge is 0.251 e. The van der Waals surface area contributed by atoms with Gasteiger partial charge in [-0.15, -0.1) is 0 Å². The lowest BCUT2D eigenvalue weighted by Gasteiger charge is -2.26. The first-order valence-corrected chi connectivity index (χ1v) is 6.72. The summed E-state index contributed by atoms with van der Waals surface area (Å²) in [4.78, 5) is 19.3. The van der Waals surface area contributed by atoms with E-state index in [1.54, 1.807) is 6.33 Å². The van der Waals surface area contributed by atoms with Gasteiger partial charge in [0.1, 0.15) is 0 Å². The van der Waals surface area contributed by atoms with Gasteiger partial charge in [-0.3, -0.25) is 4.79 Å². The number of H-pyrrole nitrogens is 1. The van der Waals surface area contributed by atoms with Gasteiger partial charge in [-0.05, 0) is 43.9 Å². The molecule has 0 bridgehead atoms. The van der Waals surface area contributed by atoms with E-state index in [9.17, 15) is 4.79 Å². The number of nitrogens with zero attached hydrogens (tertiary/aromatic N) is 1. The summed E-state index contributed by atoms with van der Waals surface area (Å²) in [6, 6.07) is 6.07. The minimum Gasteiger partial charge on any atom is -0.349 e. The monoisotopic (exact) mass is 258 g/mol. The van der Waals surface area contributed by atoms with E-state index in [0.29, 0.717) is 11.6 Å². The number of aromatic amines is 1. The van der Waals surface area contributed by atoms with Crippen LogP contribution in [-0.2, 0) is 0 Å². The first-order valence-electron chi connectivity index (χ1n) is 6.72. The lowest BCUT2D eigenvalue weighted by Crippen LogP contribution is -2.40. The number of nitrogens with one attached hydrogen (secondary N) is 2. The van der Waals surface area contributed by atoms with Crippen molar-refractivity contribution >= 4 is 16.9 Å². The van der Waals surface area contributed by atoms with Crippen LogP contribution < -0.4 is 11.1 Å². The first kappa shape index (κ1) is 12.2. The van der Waals surface area contributed by atoms with Gasteiger partial charge in [0.05, 0.1) is 17.4 Å². The molecule has 1 fully saturated rings. The molecule has 0 radical (unpaired) electrons. The Hall–Kier alpha value is -1.88. The molecule has 1 aromatic carbocycles. The third-order valence-electron chi connectivity index (χ3n) is 3.79. The number of carbonyl (C=O) groups excluding carboxylic acids is 1. The maximum absolute atomic E-state index is 12.2. The molecule has 5 nitrogen and oxygen atoms in total. The Morgan fingerprint density at radius 3 is 2.89 bits per heavy atom. The summed E-state index contributed by atoms with van der Waals surface area (Å²) in [5.41, 5.74) is 8.30. The maximum atomic E-state index is 12.2. The molecule has 0 spiro atoms. The lowest BCUT2D eigenvalue weighted by atomic mass is 9.91. The molecule has 1 aromatic heterocycles. The number of carbonyl (C=O) groups is 1. The van der Waals surface area contributed by atoms with Crippen LogP contribution in [0.1, 0.15) is 36.0 Å². The molecule has 4 N–H and O–H groups in total. The summed E-state index contributed by atoms with van der Waals surface area (Å²) < 4.78 is 0. The molecule has 19 heavy (non-hydrogen) atoms. The highest BCUT2D eigenvalue weighted by Gasteiger charge is 2.20. The third-order valence-corrected chi connectivity index (χ3v) is 3.79. The van der Waals surface area contributed by atoms with Crippen LogP contribution in [-0.4, -0.2) is 28.0 Å². The Balaban J connectivity index is 1.69. The molecule has 1 saturated carbocycles. The number of hydrogen-bond donors (Lipinski definition) is 3. The summed E-state index contributed by atoms with van der Waals surface area (Å²) in [6.45, 7) is 0. The predicted molar refractivity (Wildman–Crippen MR) is 73.8 cm³/mol. The van der Waals surface area contributed by atoms with Crippen molar-refractivity contribution in [2.75, 3.05) is 0 Å². The van der Waals surface area contributed by atoms with Crippen molar-refractivity contribution in [2.45, 2.75) is 37.8 Å². The number of imidazole rings is 1. The van der Waals surface area contributed by atoms with Crippen LogP contribution in [0.5, 0.6) is 0 Å². The molecule has 0 aliphatic heterocycles. The van der Waals surface area contributed by atoms with Crippen LogP contribution in [0.4, 0.5) is 0 Å². The van der Waals surface area contributed by atoms with E-state index in [-0.39, 0.29) is 11.9 Å². The standard InChI is InChI=1S/C14H18N4O/c15-10-2-4-11(5-3-10)18-14(19)9-1-6-12-13(7-9)17-8-16-12/h1,6-8,10-11H,2-5,15H2,(H,16,17)(H,18,19)/t10-,11-. The molecule has 100 valence electrons. The second-order valence-corrected chi connectivity index (χ2v) is 5.22. The Bertz CT molecular complexity index is 584. The van der Waals surface area contributed by atoms with Gasteiger partial charge in [0.15, 0.2) is 0 Å². The number of amides is 1. The zero-order valence-corrected chi connectivity index (χ0v) is 10.7. The normalized spacial score (nSPS) is 23.4. The van der Waals surface area contributed by atoms with Crippen molar-refractivity contribution in [3.05, 3.63) is 30.1 Å². The van der Waals surface area contributed by atoms with Gasteiger partial charge in [0.25, 0.3) is 5.91 Å². The van der Waals surface area contributed by atoms with E-state index in [1.807, 2.05) is 18.2 Å². The van der Waals surface area contributed by atoms with Gasteiger partial charge in [0, 0.05) is 17.6 Å². The van der Waals surface area contributed by atoms with Crippen molar-refractivity contribution in [3.63, 3.8) is 0 Å². The van der Waals surface area contributed by atoms with E-state index in [4.69, 9.17) is 5.73 Å². The molecule has 0 unspecified atom stereocenters. The fourth-order valence-corrected chi connectivity index (χ4v) is 2.61. The molecule has 1 amide bonds. The van der Waals surface area contributed by atoms with Crippen molar-refractivity contribution < 1.29 is 4.79 Å². The summed E-state index contributed by atoms with van der Waals surface area (Å²) in [7, 11) is 0. The first-order chi connectivity index (χ1) is 9.22. The fraction of sp³-hybridized carbons (Fsp3) is 0.429. The Morgan fingerprint density at radius 2 is 2.11 bits per heavy atom. The number of benzene rings is 1. The van der Waals surface area contributed by atoms with Gasteiger partial charge >= 0.3 is 0 Å². The number of rotatable bonds is 2. The maximum Gasteiger partial charge on any atom is 0.251 e. The highest BCUT2D eigenvalue weighted by Crippen LogP contribution is 2.18. The quantitative estimate of drug-likeness (QED) is 0.764. The SMILES string of the molecule is N[C@H]1CC[C@H](NC(=O)c2ccc3nc[nH]c3c2)CC1. The number of fused-ring (bicyclic) bond motifs is 1. The van der Waals surface area contributed by atoms with Gasteiger partial charge < -0.3 is 16.0 Å². The van der Waals surface area contributed by atoms with E-state index in [1.165, 1.54) is 0 Å². The summed E-state index contributed by atoms with van der Waals surface area (Å²) in [5, 5.41) is 3.08. The topological polar surface area (TPSA) is 83.8 Å². The molecule has 5 heteroatoms. The van der Waals surface area contributed by atoms with Gasteiger partial charge in [-0.1, -0.05) is 0 Å². The zero-order chi connectivity index (χ0) is 13.2. The summed E-state index contributed by atoms with van der Waals surface area (Å²) >= 11 is 0. The van der Waals surface area contributed by atoms with Crippen molar-refractivity contribution in [3.8, 4) is 0 Å². The van der Waals surface area contributed by atoms with E-state index >= 15 is 0 Å². The molecule has 3 rings (SSSR count). The highest BCUT2D eigenvalue weighted by atomic mass is 16.1. The zero-order valence-electron chi connectivity index (χ0n) is 10.7. The van der Waals surface area contributed by atoms with Crippen LogP contribution >= 0.6 is 0 Å². The van der Waals surface area contributed by atoms with Gasteiger partial charge in [-0.25, -0.2) is 4.98 Å². The largest absolute Gasteiger partial charge is 0.349 e. The van der Waals surface area contributed by atoms with Gasteiger partial charge in [-0.2, -0.15) is 0 Å². The summed E-state index contributed by atoms with van der Waals surface area (Å²) in [5.74, 6) is -0.0167. The van der Waals surface area contributed by atoms with E-state index in [0.717, 1.165) is 36.7 Å². The molecule has 0 saturated heterocycles. The minimum absolute atomic E-state index is 0.0167. The Labute approximate surface area is 111 Å². The Morgan fingerprint density at radius 1 is 1.32 bits per heavy atom. The Kier molecular flexibility index (Phi) is 3.21. The fourth-order valence-electron chi connectivity index (χ4n) is 2.61. The van der Waals surface area contributed by atoms with Crippen molar-refractivity contribution in [1.82, 2.24) is 15.3 Å². The van der Waals surface area contributed by atoms with E-state index in [2.05, 4.69) is 15.3 Å². The third kappa shape index (κ3) is 2.61. The van der Waals surface area contributed by atoms with Crippen LogP contribution in [0.25, 0.3) is 11.0 Å². The number of hydrogen-bond acceptors (Lipinski definition) is 3. The predicted octanol–water partition coefficient (Wildman–Crippen LogP) is 1.56. The second-order valence-electron chi connectivity index (χ2n) is 5.22. The average molecular weight is 258 g/mol. The average Bonchev–Trinajstić information content (AvgIpc) is 2.88. The molecule has 1 aliphatic rings. The number of nitrogens with two attached hydrogens (primary N) is 1. The van der Waals surface area contributed by atoms with Crippen LogP contribution in [0, 0.1) is 0 Å². The van der Waals surface area contributed by atoms with Crippen LogP contribution in [0.15, 0.2) is 24.5 Å². The van der Waals surface area contributed by atoms with E-state index < -0.39 is 0 Å². The molecular formula is C14H18N4O. The molecule has 0 atom stereocenters. The molecule has 1 aliphatic carbocycles. The van der Waals surface area contributed by atoms with Crippen LogP contribution in [0.3, 0.4) is 0 Å². The summed E-state index contributed by atoms with van der Waals surface area (Å²) in [6.07, 6.45) is 5.56. The molecule has 1 heterocycles. The second kappa shape index (κ2) is 5.01. The molecular weight excluding hydrogens is 240 g/mol. The van der Waals surface area contributed by atoms with Crippen LogP contribution in [0.2, 0.25) is 0 Å². The van der Waals surface area contributed by atoms with Crippen molar-refractivity contribution in [1.29, 1.82) is 0 Å². The highest BCUT2D eigenvalue weighted by molar-refractivity contribution is 5.97. The minimum atomic E-state index is -0.0167. The van der Waals surface area contributed by atoms with Crippen molar-refractivity contribution in [2.24, 2.45) is 5.73 Å². The number of aromatic nitrogens is 2. The lowest BCUT2D eigenvalue weighted by molar-refractivity contribution is 0.0926. The molecule has 2 aromatic rings.